The van der Waals surface area contributed by atoms with E-state index >= 15 is 0 Å². The largest absolute Gasteiger partial charge is 0.363 e. The predicted octanol–water partition coefficient (Wildman–Crippen LogP) is 3.42. The van der Waals surface area contributed by atoms with Crippen LogP contribution >= 0.6 is 11.3 Å². The minimum atomic E-state index is 0.185. The first kappa shape index (κ1) is 16.0. The number of likely N-dealkylation sites (tertiary alicyclic amines) is 1. The molecule has 0 aliphatic carbocycles. The van der Waals surface area contributed by atoms with Gasteiger partial charge in [-0.15, -0.1) is 11.3 Å². The summed E-state index contributed by atoms with van der Waals surface area (Å²) in [5.74, 6) is 1.17. The summed E-state index contributed by atoms with van der Waals surface area (Å²) in [6.45, 7) is 2.94. The zero-order chi connectivity index (χ0) is 16.4. The van der Waals surface area contributed by atoms with Crippen LogP contribution in [0.1, 0.15) is 34.2 Å². The smallest absolute Gasteiger partial charge is 0.228 e. The van der Waals surface area contributed by atoms with Crippen LogP contribution in [0.3, 0.4) is 0 Å². The van der Waals surface area contributed by atoms with Crippen LogP contribution in [0.4, 0.5) is 5.82 Å². The zero-order valence-electron chi connectivity index (χ0n) is 14.0. The second-order valence-corrected chi connectivity index (χ2v) is 7.65. The molecule has 0 saturated carbocycles. The number of rotatable bonds is 4. The molecule has 1 fully saturated rings. The lowest BCUT2D eigenvalue weighted by Crippen LogP contribution is -2.31. The van der Waals surface area contributed by atoms with E-state index in [2.05, 4.69) is 30.1 Å². The summed E-state index contributed by atoms with van der Waals surface area (Å²) in [6.07, 6.45) is 4.46. The third-order valence-electron chi connectivity index (χ3n) is 4.31. The Morgan fingerprint density at radius 1 is 1.39 bits per heavy atom. The molecule has 0 unspecified atom stereocenters. The molecule has 4 nitrogen and oxygen atoms in total. The van der Waals surface area contributed by atoms with Crippen LogP contribution in [0.15, 0.2) is 30.5 Å². The molecule has 1 aliphatic rings. The van der Waals surface area contributed by atoms with Crippen molar-refractivity contribution < 1.29 is 4.79 Å². The molecule has 2 aromatic rings. The molecule has 1 amide bonds. The van der Waals surface area contributed by atoms with Gasteiger partial charge in [-0.1, -0.05) is 0 Å². The summed E-state index contributed by atoms with van der Waals surface area (Å²) in [6, 6.07) is 8.48. The molecule has 23 heavy (non-hydrogen) atoms. The van der Waals surface area contributed by atoms with Gasteiger partial charge in [0.05, 0.1) is 12.5 Å². The number of amides is 1. The Balaban J connectivity index is 1.77. The van der Waals surface area contributed by atoms with Crippen molar-refractivity contribution in [2.24, 2.45) is 0 Å². The second kappa shape index (κ2) is 6.71. The molecular weight excluding hydrogens is 306 g/mol. The number of pyridine rings is 1. The molecule has 3 rings (SSSR count). The maximum atomic E-state index is 12.7. The van der Waals surface area contributed by atoms with Crippen molar-refractivity contribution >= 4 is 23.1 Å². The normalized spacial score (nSPS) is 17.5. The molecule has 0 radical (unpaired) electrons. The van der Waals surface area contributed by atoms with Crippen LogP contribution in [0, 0.1) is 6.92 Å². The van der Waals surface area contributed by atoms with Gasteiger partial charge in [-0.05, 0) is 49.6 Å². The third kappa shape index (κ3) is 3.55. The summed E-state index contributed by atoms with van der Waals surface area (Å²) in [7, 11) is 3.98. The fourth-order valence-corrected chi connectivity index (χ4v) is 4.01. The van der Waals surface area contributed by atoms with Gasteiger partial charge in [0.2, 0.25) is 5.91 Å². The SMILES string of the molecule is Cc1ccc(CC(=O)N2CCC[C@@H]2c2ccnc(N(C)C)c2)s1. The third-order valence-corrected chi connectivity index (χ3v) is 5.31. The van der Waals surface area contributed by atoms with Crippen molar-refractivity contribution in [2.45, 2.75) is 32.2 Å². The van der Waals surface area contributed by atoms with E-state index in [1.807, 2.05) is 36.2 Å². The Labute approximate surface area is 141 Å². The van der Waals surface area contributed by atoms with E-state index in [9.17, 15) is 4.79 Å². The van der Waals surface area contributed by atoms with Crippen LogP contribution in [-0.4, -0.2) is 36.4 Å². The number of nitrogens with zero attached hydrogens (tertiary/aromatic N) is 3. The number of hydrogen-bond donors (Lipinski definition) is 0. The standard InChI is InChI=1S/C18H23N3OS/c1-13-6-7-15(23-13)12-18(22)21-10-4-5-16(21)14-8-9-19-17(11-14)20(2)3/h6-9,11,16H,4-5,10,12H2,1-3H3/t16-/m1/s1. The maximum Gasteiger partial charge on any atom is 0.228 e. The Hall–Kier alpha value is -1.88. The Morgan fingerprint density at radius 2 is 2.22 bits per heavy atom. The fraction of sp³-hybridized carbons (Fsp3) is 0.444. The van der Waals surface area contributed by atoms with E-state index < -0.39 is 0 Å². The maximum absolute atomic E-state index is 12.7. The van der Waals surface area contributed by atoms with Gasteiger partial charge in [0.1, 0.15) is 5.82 Å². The van der Waals surface area contributed by atoms with Gasteiger partial charge in [-0.25, -0.2) is 4.98 Å². The molecule has 1 saturated heterocycles. The number of aryl methyl sites for hydroxylation is 1. The molecule has 0 bridgehead atoms. The molecule has 122 valence electrons. The lowest BCUT2D eigenvalue weighted by molar-refractivity contribution is -0.131. The molecular formula is C18H23N3OS. The van der Waals surface area contributed by atoms with Crippen molar-refractivity contribution in [1.29, 1.82) is 0 Å². The van der Waals surface area contributed by atoms with Crippen molar-refractivity contribution in [3.63, 3.8) is 0 Å². The number of thiophene rings is 1. The van der Waals surface area contributed by atoms with Crippen molar-refractivity contribution in [2.75, 3.05) is 25.5 Å². The van der Waals surface area contributed by atoms with E-state index in [4.69, 9.17) is 0 Å². The highest BCUT2D eigenvalue weighted by Gasteiger charge is 2.30. The fourth-order valence-electron chi connectivity index (χ4n) is 3.13. The number of hydrogen-bond acceptors (Lipinski definition) is 4. The highest BCUT2D eigenvalue weighted by atomic mass is 32.1. The van der Waals surface area contributed by atoms with Gasteiger partial charge in [0, 0.05) is 36.6 Å². The lowest BCUT2D eigenvalue weighted by Gasteiger charge is -2.25. The molecule has 1 aliphatic heterocycles. The van der Waals surface area contributed by atoms with Gasteiger partial charge < -0.3 is 9.80 Å². The predicted molar refractivity (Wildman–Crippen MR) is 95.0 cm³/mol. The van der Waals surface area contributed by atoms with Crippen LogP contribution in [0.25, 0.3) is 0 Å². The molecule has 5 heteroatoms. The van der Waals surface area contributed by atoms with E-state index in [1.165, 1.54) is 10.4 Å². The first-order chi connectivity index (χ1) is 11.0. The number of anilines is 1. The summed E-state index contributed by atoms with van der Waals surface area (Å²) < 4.78 is 0. The van der Waals surface area contributed by atoms with Crippen LogP contribution in [0.2, 0.25) is 0 Å². The van der Waals surface area contributed by atoms with E-state index in [0.717, 1.165) is 30.1 Å². The topological polar surface area (TPSA) is 36.4 Å². The molecule has 0 aromatic carbocycles. The Morgan fingerprint density at radius 3 is 2.91 bits per heavy atom. The van der Waals surface area contributed by atoms with Gasteiger partial charge in [0.25, 0.3) is 0 Å². The van der Waals surface area contributed by atoms with E-state index in [-0.39, 0.29) is 11.9 Å². The summed E-state index contributed by atoms with van der Waals surface area (Å²) >= 11 is 1.71. The van der Waals surface area contributed by atoms with Crippen LogP contribution in [0.5, 0.6) is 0 Å². The first-order valence-electron chi connectivity index (χ1n) is 8.02. The van der Waals surface area contributed by atoms with Crippen LogP contribution < -0.4 is 4.90 Å². The second-order valence-electron chi connectivity index (χ2n) is 6.28. The van der Waals surface area contributed by atoms with E-state index in [0.29, 0.717) is 6.42 Å². The van der Waals surface area contributed by atoms with Gasteiger partial charge in [0.15, 0.2) is 0 Å². The average molecular weight is 329 g/mol. The highest BCUT2D eigenvalue weighted by Crippen LogP contribution is 2.33. The first-order valence-corrected chi connectivity index (χ1v) is 8.84. The number of aromatic nitrogens is 1. The summed E-state index contributed by atoms with van der Waals surface area (Å²) in [4.78, 5) is 23.6. The molecule has 0 spiro atoms. The quantitative estimate of drug-likeness (QED) is 0.862. The molecule has 0 N–H and O–H groups in total. The number of carbonyl (C=O) groups excluding carboxylic acids is 1. The monoisotopic (exact) mass is 329 g/mol. The molecule has 1 atom stereocenters. The number of carbonyl (C=O) groups is 1. The van der Waals surface area contributed by atoms with Crippen molar-refractivity contribution in [1.82, 2.24) is 9.88 Å². The van der Waals surface area contributed by atoms with Gasteiger partial charge in [-0.2, -0.15) is 0 Å². The lowest BCUT2D eigenvalue weighted by atomic mass is 10.1. The summed E-state index contributed by atoms with van der Waals surface area (Å²) in [5.41, 5.74) is 1.19. The average Bonchev–Trinajstić information content (AvgIpc) is 3.16. The summed E-state index contributed by atoms with van der Waals surface area (Å²) in [5, 5.41) is 0. The van der Waals surface area contributed by atoms with E-state index in [1.54, 1.807) is 11.3 Å². The highest BCUT2D eigenvalue weighted by molar-refractivity contribution is 7.12. The van der Waals surface area contributed by atoms with Crippen molar-refractivity contribution in [3.8, 4) is 0 Å². The van der Waals surface area contributed by atoms with Gasteiger partial charge >= 0.3 is 0 Å². The van der Waals surface area contributed by atoms with Gasteiger partial charge in [-0.3, -0.25) is 4.79 Å². The Bertz CT molecular complexity index is 695. The minimum absolute atomic E-state index is 0.185. The van der Waals surface area contributed by atoms with Crippen molar-refractivity contribution in [3.05, 3.63) is 45.8 Å². The molecule has 3 heterocycles. The minimum Gasteiger partial charge on any atom is -0.363 e. The Kier molecular flexibility index (Phi) is 4.66. The van der Waals surface area contributed by atoms with Crippen LogP contribution in [-0.2, 0) is 11.2 Å². The zero-order valence-corrected chi connectivity index (χ0v) is 14.8. The molecule has 2 aromatic heterocycles.